The number of carboxylic acid groups (broad SMARTS) is 1. The van der Waals surface area contributed by atoms with Gasteiger partial charge in [-0.05, 0) is 37.1 Å². The predicted molar refractivity (Wildman–Crippen MR) is 133 cm³/mol. The smallest absolute Gasteiger partial charge is 0.337 e. The van der Waals surface area contributed by atoms with E-state index in [4.69, 9.17) is 0 Å². The van der Waals surface area contributed by atoms with Crippen LogP contribution in [0.2, 0.25) is 0 Å². The highest BCUT2D eigenvalue weighted by Gasteiger charge is 2.19. The van der Waals surface area contributed by atoms with Gasteiger partial charge in [0.25, 0.3) is 5.91 Å². The van der Waals surface area contributed by atoms with Crippen LogP contribution in [0, 0.1) is 0 Å². The van der Waals surface area contributed by atoms with Gasteiger partial charge in [0.05, 0.1) is 16.8 Å². The van der Waals surface area contributed by atoms with Crippen molar-refractivity contribution in [2.75, 3.05) is 29.0 Å². The molecule has 32 heavy (non-hydrogen) atoms. The van der Waals surface area contributed by atoms with Gasteiger partial charge in [-0.2, -0.15) is 0 Å². The monoisotopic (exact) mass is 439 g/mol. The Hall–Kier alpha value is -3.02. The number of unbranched alkanes of at least 4 members (excludes halogenated alkanes) is 6. The van der Waals surface area contributed by atoms with E-state index in [1.54, 1.807) is 18.2 Å². The molecule has 1 amide bonds. The number of carbonyl (C=O) groups excluding carboxylic acids is 1. The predicted octanol–water partition coefficient (Wildman–Crippen LogP) is 6.62. The van der Waals surface area contributed by atoms with Crippen LogP contribution in [-0.4, -0.2) is 30.1 Å². The summed E-state index contributed by atoms with van der Waals surface area (Å²) in [6.45, 7) is 5.93. The van der Waals surface area contributed by atoms with Crippen molar-refractivity contribution < 1.29 is 14.7 Å². The van der Waals surface area contributed by atoms with E-state index in [1.807, 2.05) is 18.2 Å². The molecule has 0 unspecified atom stereocenters. The minimum absolute atomic E-state index is 0.0694. The summed E-state index contributed by atoms with van der Waals surface area (Å²) >= 11 is 0. The van der Waals surface area contributed by atoms with Crippen molar-refractivity contribution in [3.8, 4) is 0 Å². The second-order valence-corrected chi connectivity index (χ2v) is 8.01. The van der Waals surface area contributed by atoms with Crippen molar-refractivity contribution >= 4 is 28.9 Å². The normalized spacial score (nSPS) is 10.6. The van der Waals surface area contributed by atoms with Crippen LogP contribution in [0.3, 0.4) is 0 Å². The molecule has 174 valence electrons. The fraction of sp³-hybridized carbons (Fsp3) is 0.462. The molecule has 0 saturated heterocycles. The second-order valence-electron chi connectivity index (χ2n) is 8.01. The summed E-state index contributed by atoms with van der Waals surface area (Å²) in [7, 11) is 0. The van der Waals surface area contributed by atoms with Crippen molar-refractivity contribution in [3.05, 3.63) is 53.6 Å². The second kappa shape index (κ2) is 14.1. The van der Waals surface area contributed by atoms with Gasteiger partial charge in [0.2, 0.25) is 0 Å². The molecule has 0 aromatic heterocycles. The lowest BCUT2D eigenvalue weighted by Crippen LogP contribution is -2.19. The van der Waals surface area contributed by atoms with Crippen LogP contribution in [-0.2, 0) is 0 Å². The molecule has 0 radical (unpaired) electrons. The van der Waals surface area contributed by atoms with Gasteiger partial charge in [-0.25, -0.2) is 4.79 Å². The van der Waals surface area contributed by atoms with E-state index in [9.17, 15) is 14.7 Å². The number of para-hydroxylation sites is 1. The molecule has 0 atom stereocenters. The number of hydrogen-bond donors (Lipinski definition) is 4. The van der Waals surface area contributed by atoms with Crippen molar-refractivity contribution in [1.82, 2.24) is 0 Å². The van der Waals surface area contributed by atoms with E-state index >= 15 is 0 Å². The van der Waals surface area contributed by atoms with Gasteiger partial charge in [0.1, 0.15) is 0 Å². The Morgan fingerprint density at radius 3 is 1.78 bits per heavy atom. The molecule has 6 nitrogen and oxygen atoms in total. The summed E-state index contributed by atoms with van der Waals surface area (Å²) in [6.07, 6.45) is 9.10. The summed E-state index contributed by atoms with van der Waals surface area (Å²) in [5, 5.41) is 19.1. The largest absolute Gasteiger partial charge is 0.478 e. The van der Waals surface area contributed by atoms with Crippen LogP contribution in [0.4, 0.5) is 17.1 Å². The zero-order valence-corrected chi connectivity index (χ0v) is 19.4. The number of hydrogen-bond acceptors (Lipinski definition) is 4. The molecule has 0 aliphatic rings. The fourth-order valence-corrected chi connectivity index (χ4v) is 3.60. The van der Waals surface area contributed by atoms with E-state index in [0.29, 0.717) is 5.56 Å². The van der Waals surface area contributed by atoms with E-state index in [1.165, 1.54) is 31.7 Å². The molecule has 0 fully saturated rings. The third-order valence-corrected chi connectivity index (χ3v) is 5.39. The quantitative estimate of drug-likeness (QED) is 0.234. The van der Waals surface area contributed by atoms with E-state index in [0.717, 1.165) is 50.1 Å². The average Bonchev–Trinajstić information content (AvgIpc) is 2.79. The molecule has 0 aliphatic carbocycles. The van der Waals surface area contributed by atoms with E-state index in [2.05, 4.69) is 29.8 Å². The number of aromatic carboxylic acids is 1. The van der Waals surface area contributed by atoms with Gasteiger partial charge in [0, 0.05) is 24.5 Å². The lowest BCUT2D eigenvalue weighted by atomic mass is 10.1. The van der Waals surface area contributed by atoms with E-state index < -0.39 is 5.97 Å². The maximum absolute atomic E-state index is 13.3. The zero-order valence-electron chi connectivity index (χ0n) is 19.4. The molecule has 0 saturated carbocycles. The molecule has 0 bridgehead atoms. The number of benzene rings is 2. The minimum Gasteiger partial charge on any atom is -0.478 e. The van der Waals surface area contributed by atoms with Gasteiger partial charge < -0.3 is 21.1 Å². The summed E-state index contributed by atoms with van der Waals surface area (Å²) in [5.41, 5.74) is 2.38. The number of anilines is 3. The first-order chi connectivity index (χ1) is 15.6. The maximum Gasteiger partial charge on any atom is 0.337 e. The highest BCUT2D eigenvalue weighted by Crippen LogP contribution is 2.27. The van der Waals surface area contributed by atoms with Crippen molar-refractivity contribution in [2.24, 2.45) is 0 Å². The number of carbonyl (C=O) groups is 2. The Morgan fingerprint density at radius 2 is 1.25 bits per heavy atom. The Bertz CT molecular complexity index is 835. The molecule has 2 aromatic rings. The van der Waals surface area contributed by atoms with E-state index in [-0.39, 0.29) is 17.2 Å². The SMILES string of the molecule is CCCCCCNc1cccc(NCCCCCC)c1C(=O)Nc1ccccc1C(=O)O. The van der Waals surface area contributed by atoms with Crippen LogP contribution < -0.4 is 16.0 Å². The number of nitrogens with one attached hydrogen (secondary N) is 3. The topological polar surface area (TPSA) is 90.5 Å². The number of rotatable bonds is 15. The van der Waals surface area contributed by atoms with Crippen molar-refractivity contribution in [2.45, 2.75) is 65.2 Å². The molecule has 0 heterocycles. The Balaban J connectivity index is 2.22. The highest BCUT2D eigenvalue weighted by molar-refractivity contribution is 6.13. The van der Waals surface area contributed by atoms with Crippen LogP contribution in [0.25, 0.3) is 0 Å². The van der Waals surface area contributed by atoms with Gasteiger partial charge >= 0.3 is 5.97 Å². The number of carboxylic acids is 1. The fourth-order valence-electron chi connectivity index (χ4n) is 3.60. The van der Waals surface area contributed by atoms with Crippen LogP contribution in [0.1, 0.15) is 85.9 Å². The Labute approximate surface area is 191 Å². The minimum atomic E-state index is -1.07. The van der Waals surface area contributed by atoms with Crippen molar-refractivity contribution in [1.29, 1.82) is 0 Å². The zero-order chi connectivity index (χ0) is 23.2. The highest BCUT2D eigenvalue weighted by atomic mass is 16.4. The Kier molecular flexibility index (Phi) is 11.1. The van der Waals surface area contributed by atoms with Gasteiger partial charge in [-0.1, -0.05) is 70.6 Å². The average molecular weight is 440 g/mol. The molecule has 6 heteroatoms. The third kappa shape index (κ3) is 7.91. The maximum atomic E-state index is 13.3. The summed E-state index contributed by atoms with van der Waals surface area (Å²) in [6, 6.07) is 12.2. The molecule has 2 aromatic carbocycles. The first-order valence-electron chi connectivity index (χ1n) is 11.8. The van der Waals surface area contributed by atoms with Gasteiger partial charge in [-0.3, -0.25) is 4.79 Å². The third-order valence-electron chi connectivity index (χ3n) is 5.39. The van der Waals surface area contributed by atoms with Crippen LogP contribution in [0.5, 0.6) is 0 Å². The number of amides is 1. The standard InChI is InChI=1S/C26H37N3O3/c1-3-5-7-11-18-27-22-16-13-17-23(28-19-12-8-6-4-2)24(22)25(30)29-21-15-10-9-14-20(21)26(31)32/h9-10,13-17,27-28H,3-8,11-12,18-19H2,1-2H3,(H,29,30)(H,31,32). The molecule has 0 aliphatic heterocycles. The Morgan fingerprint density at radius 1 is 0.719 bits per heavy atom. The van der Waals surface area contributed by atoms with Crippen LogP contribution in [0.15, 0.2) is 42.5 Å². The van der Waals surface area contributed by atoms with Gasteiger partial charge in [0.15, 0.2) is 0 Å². The first-order valence-corrected chi connectivity index (χ1v) is 11.8. The van der Waals surface area contributed by atoms with Gasteiger partial charge in [-0.15, -0.1) is 0 Å². The van der Waals surface area contributed by atoms with Crippen molar-refractivity contribution in [3.63, 3.8) is 0 Å². The first kappa shape index (κ1) is 25.2. The molecule has 4 N–H and O–H groups in total. The molecule has 2 rings (SSSR count). The summed E-state index contributed by atoms with van der Waals surface area (Å²) in [5.74, 6) is -1.40. The lowest BCUT2D eigenvalue weighted by Gasteiger charge is -2.18. The lowest BCUT2D eigenvalue weighted by molar-refractivity contribution is 0.0698. The summed E-state index contributed by atoms with van der Waals surface area (Å²) in [4.78, 5) is 24.9. The molecular weight excluding hydrogens is 402 g/mol. The van der Waals surface area contributed by atoms with Crippen LogP contribution >= 0.6 is 0 Å². The molecular formula is C26H37N3O3. The molecule has 0 spiro atoms. The summed E-state index contributed by atoms with van der Waals surface area (Å²) < 4.78 is 0.